The lowest BCUT2D eigenvalue weighted by molar-refractivity contribution is -0.117. The van der Waals surface area contributed by atoms with Crippen LogP contribution in [0, 0.1) is 12.8 Å². The maximum atomic E-state index is 13.2. The molecule has 2 aromatic heterocycles. The van der Waals surface area contributed by atoms with Crippen LogP contribution < -0.4 is 10.6 Å². The third-order valence-electron chi connectivity index (χ3n) is 6.41. The number of anilines is 1. The van der Waals surface area contributed by atoms with Gasteiger partial charge in [-0.05, 0) is 63.3 Å². The van der Waals surface area contributed by atoms with Crippen molar-refractivity contribution in [1.82, 2.24) is 19.9 Å². The molecule has 7 heteroatoms. The molecule has 0 radical (unpaired) electrons. The smallest absolute Gasteiger partial charge is 0.254 e. The molecule has 0 spiro atoms. The molecule has 2 N–H and O–H groups in total. The van der Waals surface area contributed by atoms with Crippen molar-refractivity contribution >= 4 is 28.7 Å². The molecule has 1 aliphatic carbocycles. The van der Waals surface area contributed by atoms with Crippen LogP contribution in [0.2, 0.25) is 0 Å². The van der Waals surface area contributed by atoms with E-state index in [1.54, 1.807) is 0 Å². The summed E-state index contributed by atoms with van der Waals surface area (Å²) < 4.78 is 2.18. The molecule has 1 atom stereocenters. The predicted molar refractivity (Wildman–Crippen MR) is 123 cm³/mol. The standard InChI is InChI=1S/C25H29N5O2/c1-15-14-20(22-23(26-15)30-13-5-3-4-6-21(30)29-22)25(32)27-16(2)17-9-11-19(12-10-17)28-24(31)18-7-8-18/h9-12,14,16,18H,3-8,13H2,1-2H3,(H,27,32)(H,28,31). The number of nitrogens with zero attached hydrogens (tertiary/aromatic N) is 3. The molecular weight excluding hydrogens is 402 g/mol. The van der Waals surface area contributed by atoms with E-state index in [4.69, 9.17) is 9.97 Å². The van der Waals surface area contributed by atoms with Gasteiger partial charge in [-0.25, -0.2) is 9.97 Å². The van der Waals surface area contributed by atoms with Gasteiger partial charge in [-0.3, -0.25) is 9.59 Å². The minimum Gasteiger partial charge on any atom is -0.345 e. The number of amides is 2. The Hall–Kier alpha value is -3.22. The molecule has 3 aromatic rings. The normalized spacial score (nSPS) is 16.8. The van der Waals surface area contributed by atoms with Gasteiger partial charge < -0.3 is 15.2 Å². The second kappa shape index (κ2) is 8.37. The minimum absolute atomic E-state index is 0.0923. The molecule has 0 saturated heterocycles. The Morgan fingerprint density at radius 1 is 1.09 bits per heavy atom. The van der Waals surface area contributed by atoms with Gasteiger partial charge in [-0.2, -0.15) is 0 Å². The molecule has 1 saturated carbocycles. The lowest BCUT2D eigenvalue weighted by Crippen LogP contribution is -2.27. The highest BCUT2D eigenvalue weighted by Gasteiger charge is 2.29. The van der Waals surface area contributed by atoms with Crippen molar-refractivity contribution in [2.45, 2.75) is 65.0 Å². The van der Waals surface area contributed by atoms with Crippen LogP contribution in [-0.4, -0.2) is 26.3 Å². The fourth-order valence-corrected chi connectivity index (χ4v) is 4.39. The number of imidazole rings is 1. The van der Waals surface area contributed by atoms with Crippen LogP contribution in [0.4, 0.5) is 5.69 Å². The van der Waals surface area contributed by atoms with E-state index in [-0.39, 0.29) is 23.8 Å². The highest BCUT2D eigenvalue weighted by molar-refractivity contribution is 6.04. The summed E-state index contributed by atoms with van der Waals surface area (Å²) in [7, 11) is 0. The summed E-state index contributed by atoms with van der Waals surface area (Å²) in [5.74, 6) is 1.15. The van der Waals surface area contributed by atoms with Gasteiger partial charge in [0.25, 0.3) is 5.91 Å². The number of hydrogen-bond acceptors (Lipinski definition) is 4. The lowest BCUT2D eigenvalue weighted by Gasteiger charge is -2.16. The topological polar surface area (TPSA) is 88.9 Å². The van der Waals surface area contributed by atoms with E-state index < -0.39 is 0 Å². The third-order valence-corrected chi connectivity index (χ3v) is 6.41. The Morgan fingerprint density at radius 2 is 1.88 bits per heavy atom. The number of carbonyl (C=O) groups is 2. The highest BCUT2D eigenvalue weighted by atomic mass is 16.2. The SMILES string of the molecule is Cc1cc(C(=O)NC(C)c2ccc(NC(=O)C3CC3)cc2)c2nc3n(c2n1)CCCCC3. The Balaban J connectivity index is 1.34. The molecular formula is C25H29N5O2. The van der Waals surface area contributed by atoms with Crippen LogP contribution in [0.15, 0.2) is 30.3 Å². The lowest BCUT2D eigenvalue weighted by atomic mass is 10.1. The summed E-state index contributed by atoms with van der Waals surface area (Å²) in [6.07, 6.45) is 6.33. The molecule has 2 amide bonds. The second-order valence-corrected chi connectivity index (χ2v) is 9.05. The molecule has 1 unspecified atom stereocenters. The van der Waals surface area contributed by atoms with Crippen LogP contribution in [-0.2, 0) is 17.8 Å². The monoisotopic (exact) mass is 431 g/mol. The molecule has 1 aromatic carbocycles. The Labute approximate surface area is 187 Å². The molecule has 2 aliphatic rings. The van der Waals surface area contributed by atoms with E-state index in [0.29, 0.717) is 11.1 Å². The van der Waals surface area contributed by atoms with Crippen LogP contribution in [0.5, 0.6) is 0 Å². The van der Waals surface area contributed by atoms with Crippen molar-refractivity contribution in [3.63, 3.8) is 0 Å². The predicted octanol–water partition coefficient (Wildman–Crippen LogP) is 4.31. The number of carbonyl (C=O) groups excluding carboxylic acids is 2. The van der Waals surface area contributed by atoms with Gasteiger partial charge >= 0.3 is 0 Å². The van der Waals surface area contributed by atoms with Crippen molar-refractivity contribution in [2.24, 2.45) is 5.92 Å². The number of aromatic nitrogens is 3. The zero-order valence-corrected chi connectivity index (χ0v) is 18.6. The molecule has 166 valence electrons. The van der Waals surface area contributed by atoms with Crippen molar-refractivity contribution in [1.29, 1.82) is 0 Å². The molecule has 7 nitrogen and oxygen atoms in total. The van der Waals surface area contributed by atoms with Crippen molar-refractivity contribution in [3.8, 4) is 0 Å². The van der Waals surface area contributed by atoms with Crippen LogP contribution in [0.25, 0.3) is 11.2 Å². The Kier molecular flexibility index (Phi) is 5.41. The number of benzene rings is 1. The summed E-state index contributed by atoms with van der Waals surface area (Å²) >= 11 is 0. The van der Waals surface area contributed by atoms with Crippen molar-refractivity contribution < 1.29 is 9.59 Å². The fraction of sp³-hybridized carbons (Fsp3) is 0.440. The van der Waals surface area contributed by atoms with Gasteiger partial charge in [0.15, 0.2) is 5.65 Å². The summed E-state index contributed by atoms with van der Waals surface area (Å²) in [5, 5.41) is 6.06. The average molecular weight is 432 g/mol. The highest BCUT2D eigenvalue weighted by Crippen LogP contribution is 2.30. The molecule has 0 bridgehead atoms. The summed E-state index contributed by atoms with van der Waals surface area (Å²) in [4.78, 5) is 34.7. The third kappa shape index (κ3) is 4.11. The Bertz CT molecular complexity index is 1180. The van der Waals surface area contributed by atoms with E-state index in [1.807, 2.05) is 44.2 Å². The maximum Gasteiger partial charge on any atom is 0.254 e. The quantitative estimate of drug-likeness (QED) is 0.630. The average Bonchev–Trinajstić information content (AvgIpc) is 3.60. The van der Waals surface area contributed by atoms with Crippen LogP contribution in [0.1, 0.15) is 72.5 Å². The minimum atomic E-state index is -0.181. The first-order chi connectivity index (χ1) is 15.5. The first kappa shape index (κ1) is 20.7. The van der Waals surface area contributed by atoms with Gasteiger partial charge in [0.1, 0.15) is 11.3 Å². The maximum absolute atomic E-state index is 13.2. The Morgan fingerprint density at radius 3 is 2.62 bits per heavy atom. The van der Waals surface area contributed by atoms with E-state index in [1.165, 1.54) is 6.42 Å². The van der Waals surface area contributed by atoms with Crippen molar-refractivity contribution in [3.05, 3.63) is 53.0 Å². The molecule has 3 heterocycles. The van der Waals surface area contributed by atoms with E-state index >= 15 is 0 Å². The zero-order chi connectivity index (χ0) is 22.2. The first-order valence-electron chi connectivity index (χ1n) is 11.6. The van der Waals surface area contributed by atoms with Crippen LogP contribution in [0.3, 0.4) is 0 Å². The fourth-order valence-electron chi connectivity index (χ4n) is 4.39. The molecule has 32 heavy (non-hydrogen) atoms. The van der Waals surface area contributed by atoms with Gasteiger partial charge in [0.2, 0.25) is 5.91 Å². The van der Waals surface area contributed by atoms with Gasteiger partial charge in [0, 0.05) is 30.3 Å². The summed E-state index contributed by atoms with van der Waals surface area (Å²) in [5.41, 5.74) is 4.66. The number of hydrogen-bond donors (Lipinski definition) is 2. The van der Waals surface area contributed by atoms with Gasteiger partial charge in [-0.1, -0.05) is 18.6 Å². The second-order valence-electron chi connectivity index (χ2n) is 9.05. The number of fused-ring (bicyclic) bond motifs is 3. The van der Waals surface area contributed by atoms with E-state index in [2.05, 4.69) is 15.2 Å². The first-order valence-corrected chi connectivity index (χ1v) is 11.6. The van der Waals surface area contributed by atoms with E-state index in [0.717, 1.165) is 67.1 Å². The number of aryl methyl sites for hydroxylation is 3. The number of pyridine rings is 1. The zero-order valence-electron chi connectivity index (χ0n) is 18.6. The van der Waals surface area contributed by atoms with E-state index in [9.17, 15) is 9.59 Å². The van der Waals surface area contributed by atoms with Gasteiger partial charge in [-0.15, -0.1) is 0 Å². The number of nitrogens with one attached hydrogen (secondary N) is 2. The summed E-state index contributed by atoms with van der Waals surface area (Å²) in [6, 6.07) is 9.31. The number of rotatable bonds is 5. The van der Waals surface area contributed by atoms with Crippen LogP contribution >= 0.6 is 0 Å². The van der Waals surface area contributed by atoms with Crippen molar-refractivity contribution in [2.75, 3.05) is 5.32 Å². The molecule has 5 rings (SSSR count). The molecule has 1 fully saturated rings. The van der Waals surface area contributed by atoms with Gasteiger partial charge in [0.05, 0.1) is 11.6 Å². The summed E-state index contributed by atoms with van der Waals surface area (Å²) in [6.45, 7) is 4.79. The largest absolute Gasteiger partial charge is 0.345 e. The molecule has 1 aliphatic heterocycles.